The predicted molar refractivity (Wildman–Crippen MR) is 46.6 cm³/mol. The van der Waals surface area contributed by atoms with Crippen molar-refractivity contribution >= 4 is 12.4 Å². The lowest BCUT2D eigenvalue weighted by Gasteiger charge is -1.95. The Morgan fingerprint density at radius 3 is 3.23 bits per heavy atom. The summed E-state index contributed by atoms with van der Waals surface area (Å²) in [5.74, 6) is 0.716. The summed E-state index contributed by atoms with van der Waals surface area (Å²) >= 11 is 0. The van der Waals surface area contributed by atoms with Crippen molar-refractivity contribution < 1.29 is 14.6 Å². The highest BCUT2D eigenvalue weighted by Gasteiger charge is 2.12. The zero-order chi connectivity index (χ0) is 9.10. The Hall–Kier alpha value is -1.61. The van der Waals surface area contributed by atoms with Gasteiger partial charge in [-0.2, -0.15) is 4.89 Å². The normalized spacial score (nSPS) is 14.2. The van der Waals surface area contributed by atoms with Crippen LogP contribution in [0.15, 0.2) is 24.3 Å². The Morgan fingerprint density at radius 2 is 2.38 bits per heavy atom. The minimum atomic E-state index is 0.485. The van der Waals surface area contributed by atoms with Gasteiger partial charge in [0.2, 0.25) is 6.29 Å². The van der Waals surface area contributed by atoms with Crippen molar-refractivity contribution in [3.05, 3.63) is 35.4 Å². The minimum absolute atomic E-state index is 0.485. The molecule has 2 rings (SSSR count). The molecule has 65 valence electrons. The molecular weight excluding hydrogens is 168 g/mol. The van der Waals surface area contributed by atoms with Crippen LogP contribution in [-0.4, -0.2) is 6.29 Å². The van der Waals surface area contributed by atoms with E-state index in [0.717, 1.165) is 11.1 Å². The second-order valence-electron chi connectivity index (χ2n) is 2.66. The third-order valence-corrected chi connectivity index (χ3v) is 1.80. The summed E-state index contributed by atoms with van der Waals surface area (Å²) in [7, 11) is 0. The van der Waals surface area contributed by atoms with Crippen molar-refractivity contribution in [3.8, 4) is 5.75 Å². The van der Waals surface area contributed by atoms with Gasteiger partial charge in [-0.1, -0.05) is 18.2 Å². The Balaban J connectivity index is 2.30. The first-order valence-electron chi connectivity index (χ1n) is 3.87. The molecule has 0 saturated carbocycles. The summed E-state index contributed by atoms with van der Waals surface area (Å²) in [6.07, 6.45) is 4.66. The zero-order valence-corrected chi connectivity index (χ0v) is 6.82. The molecule has 0 bridgehead atoms. The van der Waals surface area contributed by atoms with Gasteiger partial charge >= 0.3 is 0 Å². The molecule has 1 radical (unpaired) electrons. The second kappa shape index (κ2) is 3.41. The van der Waals surface area contributed by atoms with Crippen LogP contribution >= 0.6 is 0 Å². The number of hydrogen-bond donors (Lipinski definition) is 0. The summed E-state index contributed by atoms with van der Waals surface area (Å²) in [5.41, 5.74) is 1.92. The Bertz CT molecular complexity index is 355. The number of carbonyl (C=O) groups excluding carboxylic acids is 1. The summed E-state index contributed by atoms with van der Waals surface area (Å²) < 4.78 is 0. The summed E-state index contributed by atoms with van der Waals surface area (Å²) in [6, 6.07) is 5.62. The average molecular weight is 175 g/mol. The Morgan fingerprint density at radius 1 is 1.46 bits per heavy atom. The fourth-order valence-corrected chi connectivity index (χ4v) is 1.16. The molecule has 0 saturated heterocycles. The zero-order valence-electron chi connectivity index (χ0n) is 6.82. The summed E-state index contributed by atoms with van der Waals surface area (Å²) in [6.45, 7) is 0.485. The lowest BCUT2D eigenvalue weighted by atomic mass is 10.1. The molecule has 1 aromatic rings. The molecule has 1 aliphatic rings. The van der Waals surface area contributed by atoms with Crippen molar-refractivity contribution in [1.29, 1.82) is 0 Å². The maximum absolute atomic E-state index is 9.94. The third kappa shape index (κ3) is 1.60. The number of fused-ring (bicyclic) bond motifs is 1. The molecule has 3 nitrogen and oxygen atoms in total. The van der Waals surface area contributed by atoms with Crippen LogP contribution < -0.4 is 4.89 Å². The van der Waals surface area contributed by atoms with E-state index in [-0.39, 0.29) is 0 Å². The SMILES string of the molecule is O=[C]C=Cc1ccc2c(c1)OOC2. The van der Waals surface area contributed by atoms with Crippen molar-refractivity contribution in [2.24, 2.45) is 0 Å². The molecule has 0 amide bonds. The van der Waals surface area contributed by atoms with Crippen LogP contribution in [-0.2, 0) is 16.3 Å². The number of rotatable bonds is 2. The van der Waals surface area contributed by atoms with E-state index in [0.29, 0.717) is 12.4 Å². The molecule has 0 fully saturated rings. The van der Waals surface area contributed by atoms with Crippen LogP contribution in [0.2, 0.25) is 0 Å². The van der Waals surface area contributed by atoms with E-state index in [2.05, 4.69) is 0 Å². The Kier molecular flexibility index (Phi) is 2.10. The molecule has 0 aliphatic carbocycles. The van der Waals surface area contributed by atoms with Crippen molar-refractivity contribution in [2.45, 2.75) is 6.61 Å². The smallest absolute Gasteiger partial charge is 0.225 e. The van der Waals surface area contributed by atoms with E-state index in [1.54, 1.807) is 12.4 Å². The van der Waals surface area contributed by atoms with E-state index < -0.39 is 0 Å². The minimum Gasteiger partial charge on any atom is -0.337 e. The van der Waals surface area contributed by atoms with Gasteiger partial charge in [-0.05, 0) is 17.7 Å². The van der Waals surface area contributed by atoms with E-state index in [4.69, 9.17) is 9.78 Å². The van der Waals surface area contributed by atoms with Crippen LogP contribution in [0.1, 0.15) is 11.1 Å². The van der Waals surface area contributed by atoms with Crippen LogP contribution in [0, 0.1) is 0 Å². The largest absolute Gasteiger partial charge is 0.337 e. The van der Waals surface area contributed by atoms with Crippen molar-refractivity contribution in [3.63, 3.8) is 0 Å². The predicted octanol–water partition coefficient (Wildman–Crippen LogP) is 1.63. The number of allylic oxidation sites excluding steroid dienone is 1. The maximum atomic E-state index is 9.94. The van der Waals surface area contributed by atoms with Gasteiger partial charge in [-0.15, -0.1) is 0 Å². The number of benzene rings is 1. The first kappa shape index (κ1) is 8.01. The van der Waals surface area contributed by atoms with Crippen LogP contribution in [0.4, 0.5) is 0 Å². The highest BCUT2D eigenvalue weighted by molar-refractivity contribution is 5.74. The topological polar surface area (TPSA) is 35.5 Å². The summed E-state index contributed by atoms with van der Waals surface area (Å²) in [4.78, 5) is 19.6. The monoisotopic (exact) mass is 175 g/mol. The van der Waals surface area contributed by atoms with Gasteiger partial charge in [-0.3, -0.25) is 4.79 Å². The molecule has 1 heterocycles. The summed E-state index contributed by atoms with van der Waals surface area (Å²) in [5, 5.41) is 0. The third-order valence-electron chi connectivity index (χ3n) is 1.80. The van der Waals surface area contributed by atoms with Gasteiger partial charge < -0.3 is 4.89 Å². The van der Waals surface area contributed by atoms with Gasteiger partial charge in [0.15, 0.2) is 5.75 Å². The van der Waals surface area contributed by atoms with Gasteiger partial charge in [0.25, 0.3) is 0 Å². The molecular formula is C10H7O3. The van der Waals surface area contributed by atoms with E-state index in [1.807, 2.05) is 18.2 Å². The second-order valence-corrected chi connectivity index (χ2v) is 2.66. The molecule has 0 spiro atoms. The molecule has 0 atom stereocenters. The van der Waals surface area contributed by atoms with E-state index in [1.165, 1.54) is 6.08 Å². The van der Waals surface area contributed by atoms with E-state index >= 15 is 0 Å². The Labute approximate surface area is 75.5 Å². The quantitative estimate of drug-likeness (QED) is 0.506. The molecule has 1 aliphatic heterocycles. The highest BCUT2D eigenvalue weighted by atomic mass is 17.2. The average Bonchev–Trinajstić information content (AvgIpc) is 2.61. The van der Waals surface area contributed by atoms with Crippen molar-refractivity contribution in [1.82, 2.24) is 0 Å². The maximum Gasteiger partial charge on any atom is 0.225 e. The molecule has 0 unspecified atom stereocenters. The van der Waals surface area contributed by atoms with Crippen LogP contribution in [0.3, 0.4) is 0 Å². The number of hydrogen-bond acceptors (Lipinski definition) is 3. The molecule has 0 aromatic heterocycles. The van der Waals surface area contributed by atoms with Gasteiger partial charge in [0.1, 0.15) is 6.61 Å². The standard InChI is InChI=1S/C10H7O3/c11-5-1-2-8-3-4-9-7-12-13-10(9)6-8/h1-4,6H,7H2. The van der Waals surface area contributed by atoms with Gasteiger partial charge in [0.05, 0.1) is 0 Å². The molecule has 1 aromatic carbocycles. The van der Waals surface area contributed by atoms with Crippen LogP contribution in [0.25, 0.3) is 6.08 Å². The van der Waals surface area contributed by atoms with Gasteiger partial charge in [0, 0.05) is 5.56 Å². The fourth-order valence-electron chi connectivity index (χ4n) is 1.16. The highest BCUT2D eigenvalue weighted by Crippen LogP contribution is 2.27. The first-order valence-corrected chi connectivity index (χ1v) is 3.87. The van der Waals surface area contributed by atoms with Gasteiger partial charge in [-0.25, -0.2) is 0 Å². The first-order chi connectivity index (χ1) is 6.40. The lowest BCUT2D eigenvalue weighted by Crippen LogP contribution is -1.81. The molecule has 0 N–H and O–H groups in total. The fraction of sp³-hybridized carbons (Fsp3) is 0.100. The van der Waals surface area contributed by atoms with Crippen molar-refractivity contribution in [2.75, 3.05) is 0 Å². The molecule has 13 heavy (non-hydrogen) atoms. The van der Waals surface area contributed by atoms with Crippen LogP contribution in [0.5, 0.6) is 5.75 Å². The van der Waals surface area contributed by atoms with E-state index in [9.17, 15) is 4.79 Å². The lowest BCUT2D eigenvalue weighted by molar-refractivity contribution is -0.194. The molecule has 3 heteroatoms.